The summed E-state index contributed by atoms with van der Waals surface area (Å²) in [6, 6.07) is 9.07. The first kappa shape index (κ1) is 20.1. The van der Waals surface area contributed by atoms with Crippen LogP contribution in [-0.2, 0) is 0 Å². The summed E-state index contributed by atoms with van der Waals surface area (Å²) in [5.41, 5.74) is 2.16. The van der Waals surface area contributed by atoms with Crippen LogP contribution in [0.25, 0.3) is 0 Å². The molecule has 26 heavy (non-hydrogen) atoms. The van der Waals surface area contributed by atoms with E-state index < -0.39 is 0 Å². The van der Waals surface area contributed by atoms with Crippen LogP contribution in [-0.4, -0.2) is 26.2 Å². The van der Waals surface area contributed by atoms with Crippen molar-refractivity contribution in [2.45, 2.75) is 27.2 Å². The van der Waals surface area contributed by atoms with E-state index in [4.69, 9.17) is 14.2 Å². The van der Waals surface area contributed by atoms with Crippen molar-refractivity contribution in [2.75, 3.05) is 25.6 Å². The Kier molecular flexibility index (Phi) is 7.33. The van der Waals surface area contributed by atoms with E-state index in [1.165, 1.54) is 0 Å². The van der Waals surface area contributed by atoms with E-state index >= 15 is 0 Å². The number of carbonyl (C=O) groups excluding carboxylic acids is 1. The highest BCUT2D eigenvalue weighted by Gasteiger charge is 2.17. The molecule has 5 nitrogen and oxygen atoms in total. The second-order valence-electron chi connectivity index (χ2n) is 5.72. The summed E-state index contributed by atoms with van der Waals surface area (Å²) in [5, 5.41) is 2.91. The lowest BCUT2D eigenvalue weighted by atomic mass is 10.1. The minimum atomic E-state index is -0.253. The number of amides is 1. The fraction of sp³-hybridized carbons (Fsp3) is 0.350. The van der Waals surface area contributed by atoms with Crippen LogP contribution in [0.1, 0.15) is 36.2 Å². The molecule has 0 spiro atoms. The Hall–Kier alpha value is -2.21. The Bertz CT molecular complexity index is 777. The highest BCUT2D eigenvalue weighted by molar-refractivity contribution is 9.10. The van der Waals surface area contributed by atoms with Crippen molar-refractivity contribution in [1.29, 1.82) is 0 Å². The van der Waals surface area contributed by atoms with Gasteiger partial charge in [0.2, 0.25) is 0 Å². The van der Waals surface area contributed by atoms with Crippen molar-refractivity contribution in [3.8, 4) is 17.2 Å². The first-order valence-electron chi connectivity index (χ1n) is 8.55. The lowest BCUT2D eigenvalue weighted by molar-refractivity contribution is 0.102. The van der Waals surface area contributed by atoms with Gasteiger partial charge in [0.15, 0.2) is 11.5 Å². The van der Waals surface area contributed by atoms with Gasteiger partial charge >= 0.3 is 0 Å². The predicted octanol–water partition coefficient (Wildman–Crippen LogP) is 5.21. The first-order valence-corrected chi connectivity index (χ1v) is 9.34. The average Bonchev–Trinajstić information content (AvgIpc) is 2.63. The normalized spacial score (nSPS) is 10.3. The molecule has 0 aliphatic rings. The fourth-order valence-electron chi connectivity index (χ4n) is 2.39. The van der Waals surface area contributed by atoms with Crippen LogP contribution in [0.2, 0.25) is 0 Å². The van der Waals surface area contributed by atoms with Gasteiger partial charge in [0.25, 0.3) is 5.91 Å². The van der Waals surface area contributed by atoms with E-state index in [1.807, 2.05) is 39.0 Å². The van der Waals surface area contributed by atoms with Crippen LogP contribution in [0.5, 0.6) is 17.2 Å². The molecule has 140 valence electrons. The Balaban J connectivity index is 2.29. The van der Waals surface area contributed by atoms with E-state index in [9.17, 15) is 4.79 Å². The quantitative estimate of drug-likeness (QED) is 0.635. The second kappa shape index (κ2) is 9.48. The predicted molar refractivity (Wildman–Crippen MR) is 107 cm³/mol. The minimum absolute atomic E-state index is 0.253. The van der Waals surface area contributed by atoms with Crippen LogP contribution in [0.3, 0.4) is 0 Å². The van der Waals surface area contributed by atoms with Crippen LogP contribution in [0, 0.1) is 6.92 Å². The maximum atomic E-state index is 12.7. The number of ether oxygens (including phenoxy) is 3. The molecule has 0 unspecified atom stereocenters. The molecular formula is C20H24BrNO4. The summed E-state index contributed by atoms with van der Waals surface area (Å²) in [7, 11) is 1.54. The van der Waals surface area contributed by atoms with Crippen LogP contribution < -0.4 is 19.5 Å². The number of rotatable bonds is 8. The zero-order chi connectivity index (χ0) is 19.1. The summed E-state index contributed by atoms with van der Waals surface area (Å²) in [6.45, 7) is 7.01. The Morgan fingerprint density at radius 3 is 2.54 bits per heavy atom. The zero-order valence-corrected chi connectivity index (χ0v) is 17.1. The second-order valence-corrected chi connectivity index (χ2v) is 6.58. The Morgan fingerprint density at radius 2 is 1.88 bits per heavy atom. The topological polar surface area (TPSA) is 56.8 Å². The number of anilines is 1. The molecule has 2 aromatic carbocycles. The van der Waals surface area contributed by atoms with E-state index in [1.54, 1.807) is 19.2 Å². The molecule has 1 N–H and O–H groups in total. The highest BCUT2D eigenvalue weighted by Crippen LogP contribution is 2.37. The monoisotopic (exact) mass is 421 g/mol. The number of aryl methyl sites for hydroxylation is 1. The van der Waals surface area contributed by atoms with E-state index in [2.05, 4.69) is 21.2 Å². The average molecular weight is 422 g/mol. The van der Waals surface area contributed by atoms with E-state index in [-0.39, 0.29) is 5.91 Å². The van der Waals surface area contributed by atoms with E-state index in [0.29, 0.717) is 46.2 Å². The largest absolute Gasteiger partial charge is 0.493 e. The molecule has 0 aliphatic heterocycles. The molecular weight excluding hydrogens is 398 g/mol. The van der Waals surface area contributed by atoms with Crippen molar-refractivity contribution in [3.63, 3.8) is 0 Å². The van der Waals surface area contributed by atoms with Gasteiger partial charge in [-0.1, -0.05) is 13.0 Å². The van der Waals surface area contributed by atoms with Crippen molar-refractivity contribution in [3.05, 3.63) is 45.9 Å². The maximum Gasteiger partial charge on any atom is 0.255 e. The van der Waals surface area contributed by atoms with Gasteiger partial charge in [-0.2, -0.15) is 0 Å². The van der Waals surface area contributed by atoms with Gasteiger partial charge in [0, 0.05) is 5.56 Å². The number of methoxy groups -OCH3 is 1. The van der Waals surface area contributed by atoms with Gasteiger partial charge in [-0.05, 0) is 66.0 Å². The summed E-state index contributed by atoms with van der Waals surface area (Å²) < 4.78 is 17.3. The van der Waals surface area contributed by atoms with Crippen molar-refractivity contribution < 1.29 is 19.0 Å². The van der Waals surface area contributed by atoms with Crippen LogP contribution in [0.15, 0.2) is 34.8 Å². The number of carbonyl (C=O) groups is 1. The molecule has 2 rings (SSSR count). The van der Waals surface area contributed by atoms with Gasteiger partial charge in [-0.15, -0.1) is 0 Å². The van der Waals surface area contributed by atoms with Gasteiger partial charge in [-0.3, -0.25) is 4.79 Å². The summed E-state index contributed by atoms with van der Waals surface area (Å²) >= 11 is 3.44. The molecule has 0 fully saturated rings. The van der Waals surface area contributed by atoms with Crippen LogP contribution >= 0.6 is 15.9 Å². The van der Waals surface area contributed by atoms with Crippen molar-refractivity contribution >= 4 is 27.5 Å². The summed E-state index contributed by atoms with van der Waals surface area (Å²) in [4.78, 5) is 12.7. The molecule has 2 aromatic rings. The van der Waals surface area contributed by atoms with Gasteiger partial charge in [0.1, 0.15) is 5.75 Å². The summed E-state index contributed by atoms with van der Waals surface area (Å²) in [5.74, 6) is 1.49. The highest BCUT2D eigenvalue weighted by atomic mass is 79.9. The number of hydrogen-bond acceptors (Lipinski definition) is 4. The Labute approximate surface area is 162 Å². The first-order chi connectivity index (χ1) is 12.5. The minimum Gasteiger partial charge on any atom is -0.493 e. The molecule has 0 aromatic heterocycles. The molecule has 0 saturated heterocycles. The standard InChI is InChI=1S/C20H24BrNO4/c1-5-9-26-17-10-13(3)7-8-16(17)22-20(23)14-11-15(21)19(25-6-2)18(12-14)24-4/h7-8,10-12H,5-6,9H2,1-4H3,(H,22,23). The smallest absolute Gasteiger partial charge is 0.255 e. The third-order valence-electron chi connectivity index (χ3n) is 3.63. The number of halogens is 1. The SMILES string of the molecule is CCCOc1cc(C)ccc1NC(=O)c1cc(Br)c(OCC)c(OC)c1. The lowest BCUT2D eigenvalue weighted by Crippen LogP contribution is -2.14. The van der Waals surface area contributed by atoms with Crippen molar-refractivity contribution in [2.24, 2.45) is 0 Å². The molecule has 0 saturated carbocycles. The van der Waals surface area contributed by atoms with Gasteiger partial charge < -0.3 is 19.5 Å². The van der Waals surface area contributed by atoms with E-state index in [0.717, 1.165) is 12.0 Å². The molecule has 0 heterocycles. The number of nitrogens with one attached hydrogen (secondary N) is 1. The zero-order valence-electron chi connectivity index (χ0n) is 15.5. The molecule has 1 amide bonds. The van der Waals surface area contributed by atoms with Crippen LogP contribution in [0.4, 0.5) is 5.69 Å². The molecule has 0 atom stereocenters. The molecule has 0 aliphatic carbocycles. The van der Waals surface area contributed by atoms with Gasteiger partial charge in [-0.25, -0.2) is 0 Å². The fourth-order valence-corrected chi connectivity index (χ4v) is 2.95. The lowest BCUT2D eigenvalue weighted by Gasteiger charge is -2.15. The Morgan fingerprint density at radius 1 is 1.12 bits per heavy atom. The number of benzene rings is 2. The molecule has 0 radical (unpaired) electrons. The third-order valence-corrected chi connectivity index (χ3v) is 4.22. The number of hydrogen-bond donors (Lipinski definition) is 1. The molecule has 6 heteroatoms. The third kappa shape index (κ3) is 4.91. The summed E-state index contributed by atoms with van der Waals surface area (Å²) in [6.07, 6.45) is 0.893. The van der Waals surface area contributed by atoms with Gasteiger partial charge in [0.05, 0.1) is 30.5 Å². The molecule has 0 bridgehead atoms. The van der Waals surface area contributed by atoms with Crippen molar-refractivity contribution in [1.82, 2.24) is 0 Å². The maximum absolute atomic E-state index is 12.7.